The highest BCUT2D eigenvalue weighted by Crippen LogP contribution is 2.17. The SMILES string of the molecule is O=C(O)CCC(CO)Cc1ccc(F)cc1F. The number of halogens is 2. The van der Waals surface area contributed by atoms with E-state index < -0.39 is 17.6 Å². The second-order valence-corrected chi connectivity index (χ2v) is 3.92. The van der Waals surface area contributed by atoms with Crippen molar-refractivity contribution in [2.24, 2.45) is 5.92 Å². The number of aliphatic hydroxyl groups excluding tert-OH is 1. The second-order valence-electron chi connectivity index (χ2n) is 3.92. The third-order valence-corrected chi connectivity index (χ3v) is 2.55. The van der Waals surface area contributed by atoms with Gasteiger partial charge in [-0.2, -0.15) is 0 Å². The third-order valence-electron chi connectivity index (χ3n) is 2.55. The molecule has 0 bridgehead atoms. The van der Waals surface area contributed by atoms with Gasteiger partial charge in [0, 0.05) is 19.1 Å². The van der Waals surface area contributed by atoms with Gasteiger partial charge in [0.25, 0.3) is 0 Å². The first-order chi connectivity index (χ1) is 8.02. The molecule has 0 saturated carbocycles. The largest absolute Gasteiger partial charge is 0.481 e. The normalized spacial score (nSPS) is 12.4. The van der Waals surface area contributed by atoms with Gasteiger partial charge >= 0.3 is 5.97 Å². The van der Waals surface area contributed by atoms with E-state index in [1.165, 1.54) is 6.07 Å². The Morgan fingerprint density at radius 3 is 2.59 bits per heavy atom. The van der Waals surface area contributed by atoms with Gasteiger partial charge in [-0.3, -0.25) is 4.79 Å². The maximum Gasteiger partial charge on any atom is 0.303 e. The molecule has 17 heavy (non-hydrogen) atoms. The van der Waals surface area contributed by atoms with E-state index in [2.05, 4.69) is 0 Å². The first-order valence-electron chi connectivity index (χ1n) is 5.29. The Balaban J connectivity index is 2.63. The zero-order valence-corrected chi connectivity index (χ0v) is 9.20. The minimum atomic E-state index is -0.956. The van der Waals surface area contributed by atoms with Crippen molar-refractivity contribution < 1.29 is 23.8 Å². The van der Waals surface area contributed by atoms with Crippen molar-refractivity contribution in [1.82, 2.24) is 0 Å². The van der Waals surface area contributed by atoms with E-state index in [1.807, 2.05) is 0 Å². The molecular formula is C12H14F2O3. The zero-order chi connectivity index (χ0) is 12.8. The smallest absolute Gasteiger partial charge is 0.303 e. The van der Waals surface area contributed by atoms with Crippen LogP contribution < -0.4 is 0 Å². The Morgan fingerprint density at radius 2 is 2.06 bits per heavy atom. The van der Waals surface area contributed by atoms with Crippen LogP contribution in [0.1, 0.15) is 18.4 Å². The van der Waals surface area contributed by atoms with Crippen molar-refractivity contribution in [3.8, 4) is 0 Å². The van der Waals surface area contributed by atoms with Gasteiger partial charge in [-0.05, 0) is 30.4 Å². The summed E-state index contributed by atoms with van der Waals surface area (Å²) in [5.41, 5.74) is 0.288. The molecule has 0 aliphatic rings. The molecule has 1 atom stereocenters. The number of carboxylic acids is 1. The summed E-state index contributed by atoms with van der Waals surface area (Å²) in [5.74, 6) is -2.61. The molecule has 1 unspecified atom stereocenters. The molecular weight excluding hydrogens is 230 g/mol. The Labute approximate surface area is 97.7 Å². The number of aliphatic hydroxyl groups is 1. The summed E-state index contributed by atoms with van der Waals surface area (Å²) in [6, 6.07) is 3.24. The highest BCUT2D eigenvalue weighted by Gasteiger charge is 2.13. The van der Waals surface area contributed by atoms with Gasteiger partial charge in [-0.1, -0.05) is 6.07 Å². The molecule has 94 valence electrons. The quantitative estimate of drug-likeness (QED) is 0.804. The van der Waals surface area contributed by atoms with Gasteiger partial charge in [0.2, 0.25) is 0 Å². The maximum atomic E-state index is 13.3. The second kappa shape index (κ2) is 6.30. The molecule has 1 aromatic carbocycles. The summed E-state index contributed by atoms with van der Waals surface area (Å²) in [6.45, 7) is -0.218. The Morgan fingerprint density at radius 1 is 1.35 bits per heavy atom. The van der Waals surface area contributed by atoms with Gasteiger partial charge in [-0.15, -0.1) is 0 Å². The number of hydrogen-bond acceptors (Lipinski definition) is 2. The van der Waals surface area contributed by atoms with Crippen LogP contribution >= 0.6 is 0 Å². The van der Waals surface area contributed by atoms with Gasteiger partial charge in [0.1, 0.15) is 11.6 Å². The monoisotopic (exact) mass is 244 g/mol. The molecule has 0 amide bonds. The molecule has 0 spiro atoms. The van der Waals surface area contributed by atoms with Crippen LogP contribution in [0.15, 0.2) is 18.2 Å². The molecule has 0 fully saturated rings. The van der Waals surface area contributed by atoms with E-state index in [0.29, 0.717) is 0 Å². The number of benzene rings is 1. The summed E-state index contributed by atoms with van der Waals surface area (Å²) in [6.07, 6.45) is 0.395. The predicted octanol–water partition coefficient (Wildman–Crippen LogP) is 1.98. The average molecular weight is 244 g/mol. The van der Waals surface area contributed by atoms with Crippen LogP contribution in [0.3, 0.4) is 0 Å². The minimum absolute atomic E-state index is 0.0754. The molecule has 0 radical (unpaired) electrons. The number of carbonyl (C=O) groups is 1. The van der Waals surface area contributed by atoms with Gasteiger partial charge in [0.15, 0.2) is 0 Å². The van der Waals surface area contributed by atoms with Crippen LogP contribution in [0.4, 0.5) is 8.78 Å². The standard InChI is InChI=1S/C12H14F2O3/c13-10-3-2-9(11(14)6-10)5-8(7-15)1-4-12(16)17/h2-3,6,8,15H,1,4-5,7H2,(H,16,17). The summed E-state index contributed by atoms with van der Waals surface area (Å²) >= 11 is 0. The zero-order valence-electron chi connectivity index (χ0n) is 9.20. The summed E-state index contributed by atoms with van der Waals surface area (Å²) in [5, 5.41) is 17.6. The summed E-state index contributed by atoms with van der Waals surface area (Å²) in [7, 11) is 0. The number of hydrogen-bond donors (Lipinski definition) is 2. The summed E-state index contributed by atoms with van der Waals surface area (Å²) < 4.78 is 26.0. The van der Waals surface area contributed by atoms with Crippen molar-refractivity contribution in [2.75, 3.05) is 6.61 Å². The van der Waals surface area contributed by atoms with Crippen LogP contribution in [0, 0.1) is 17.6 Å². The first kappa shape index (κ1) is 13.6. The average Bonchev–Trinajstić information content (AvgIpc) is 2.26. The fraction of sp³-hybridized carbons (Fsp3) is 0.417. The third kappa shape index (κ3) is 4.48. The molecule has 2 N–H and O–H groups in total. The molecule has 0 heterocycles. The van der Waals surface area contributed by atoms with E-state index in [1.54, 1.807) is 0 Å². The molecule has 1 aromatic rings. The lowest BCUT2D eigenvalue weighted by Crippen LogP contribution is -2.12. The Bertz CT molecular complexity index is 393. The topological polar surface area (TPSA) is 57.5 Å². The van der Waals surface area contributed by atoms with Crippen LogP contribution in [0.25, 0.3) is 0 Å². The van der Waals surface area contributed by atoms with Crippen LogP contribution in [-0.2, 0) is 11.2 Å². The van der Waals surface area contributed by atoms with Gasteiger partial charge in [0.05, 0.1) is 0 Å². The fourth-order valence-electron chi connectivity index (χ4n) is 1.58. The van der Waals surface area contributed by atoms with Crippen molar-refractivity contribution in [3.05, 3.63) is 35.4 Å². The molecule has 0 saturated heterocycles. The predicted molar refractivity (Wildman–Crippen MR) is 57.5 cm³/mol. The molecule has 0 aromatic heterocycles. The molecule has 0 aliphatic carbocycles. The summed E-state index contributed by atoms with van der Waals surface area (Å²) in [4.78, 5) is 10.4. The minimum Gasteiger partial charge on any atom is -0.481 e. The lowest BCUT2D eigenvalue weighted by Gasteiger charge is -2.13. The molecule has 3 nitrogen and oxygen atoms in total. The van der Waals surface area contributed by atoms with E-state index in [0.717, 1.165) is 12.1 Å². The van der Waals surface area contributed by atoms with Crippen molar-refractivity contribution in [3.63, 3.8) is 0 Å². The fourth-order valence-corrected chi connectivity index (χ4v) is 1.58. The van der Waals surface area contributed by atoms with Crippen LogP contribution in [-0.4, -0.2) is 22.8 Å². The van der Waals surface area contributed by atoms with Crippen LogP contribution in [0.2, 0.25) is 0 Å². The van der Waals surface area contributed by atoms with E-state index in [-0.39, 0.29) is 37.4 Å². The van der Waals surface area contributed by atoms with Crippen LogP contribution in [0.5, 0.6) is 0 Å². The maximum absolute atomic E-state index is 13.3. The van der Waals surface area contributed by atoms with E-state index in [4.69, 9.17) is 10.2 Å². The van der Waals surface area contributed by atoms with Gasteiger partial charge < -0.3 is 10.2 Å². The highest BCUT2D eigenvalue weighted by molar-refractivity contribution is 5.66. The number of aliphatic carboxylic acids is 1. The lowest BCUT2D eigenvalue weighted by molar-refractivity contribution is -0.137. The van der Waals surface area contributed by atoms with E-state index >= 15 is 0 Å². The van der Waals surface area contributed by atoms with Crippen molar-refractivity contribution in [1.29, 1.82) is 0 Å². The van der Waals surface area contributed by atoms with E-state index in [9.17, 15) is 13.6 Å². The highest BCUT2D eigenvalue weighted by atomic mass is 19.1. The molecule has 0 aliphatic heterocycles. The Kier molecular flexibility index (Phi) is 5.03. The lowest BCUT2D eigenvalue weighted by atomic mass is 9.95. The molecule has 1 rings (SSSR count). The number of carboxylic acid groups (broad SMARTS) is 1. The van der Waals surface area contributed by atoms with Gasteiger partial charge in [-0.25, -0.2) is 8.78 Å². The number of rotatable bonds is 6. The van der Waals surface area contributed by atoms with Crippen molar-refractivity contribution >= 4 is 5.97 Å². The van der Waals surface area contributed by atoms with Crippen molar-refractivity contribution in [2.45, 2.75) is 19.3 Å². The first-order valence-corrected chi connectivity index (χ1v) is 5.29. The Hall–Kier alpha value is -1.49. The molecule has 5 heteroatoms.